The summed E-state index contributed by atoms with van der Waals surface area (Å²) in [5.41, 5.74) is 4.23. The molecular formula is C22H24AsP. The summed E-state index contributed by atoms with van der Waals surface area (Å²) in [4.78, 5) is 0. The molecule has 2 aromatic rings. The van der Waals surface area contributed by atoms with Crippen LogP contribution in [-0.4, -0.2) is 20.3 Å². The van der Waals surface area contributed by atoms with Crippen LogP contribution in [0, 0.1) is 0 Å². The van der Waals surface area contributed by atoms with Crippen LogP contribution in [0.3, 0.4) is 0 Å². The third kappa shape index (κ3) is 2.56. The summed E-state index contributed by atoms with van der Waals surface area (Å²) in [6.07, 6.45) is 1.38. The first-order valence-electron chi connectivity index (χ1n) is 8.69. The van der Waals surface area contributed by atoms with Gasteiger partial charge in [0.2, 0.25) is 0 Å². The van der Waals surface area contributed by atoms with Crippen molar-refractivity contribution in [2.24, 2.45) is 0 Å². The van der Waals surface area contributed by atoms with Crippen molar-refractivity contribution >= 4 is 32.2 Å². The molecule has 2 heterocycles. The third-order valence-corrected chi connectivity index (χ3v) is 16.1. The van der Waals surface area contributed by atoms with Gasteiger partial charge >= 0.3 is 152 Å². The molecule has 2 aliphatic rings. The van der Waals surface area contributed by atoms with Crippen LogP contribution < -0.4 is 9.66 Å². The molecule has 0 aromatic heterocycles. The summed E-state index contributed by atoms with van der Waals surface area (Å²) in [7, 11) is -0.266. The van der Waals surface area contributed by atoms with E-state index in [1.165, 1.54) is 11.7 Å². The van der Waals surface area contributed by atoms with Gasteiger partial charge < -0.3 is 0 Å². The van der Waals surface area contributed by atoms with Gasteiger partial charge in [0, 0.05) is 0 Å². The van der Waals surface area contributed by atoms with Gasteiger partial charge in [-0.1, -0.05) is 0 Å². The van der Waals surface area contributed by atoms with E-state index in [4.69, 9.17) is 0 Å². The predicted octanol–water partition coefficient (Wildman–Crippen LogP) is 5.20. The predicted molar refractivity (Wildman–Crippen MR) is 109 cm³/mol. The Bertz CT molecular complexity index is 765. The SMILES string of the molecule is C=C[P@@](c1ccccc1)[C@H]1C[C@@H]2C(C)=C(C)[C@H]1[As]2c1ccccc1. The molecule has 2 heteroatoms. The Kier molecular flexibility index (Phi) is 4.55. The summed E-state index contributed by atoms with van der Waals surface area (Å²) >= 11 is -1.07. The Morgan fingerprint density at radius 1 is 0.958 bits per heavy atom. The number of rotatable bonds is 4. The average molecular weight is 394 g/mol. The third-order valence-electron chi connectivity index (χ3n) is 5.69. The molecule has 2 bridgehead atoms. The molecule has 0 amide bonds. The average Bonchev–Trinajstić information content (AvgIpc) is 3.12. The van der Waals surface area contributed by atoms with Crippen molar-refractivity contribution in [3.63, 3.8) is 0 Å². The molecule has 0 spiro atoms. The number of benzene rings is 2. The molecule has 1 unspecified atom stereocenters. The molecule has 24 heavy (non-hydrogen) atoms. The van der Waals surface area contributed by atoms with Crippen molar-refractivity contribution in [3.8, 4) is 0 Å². The molecule has 4 rings (SSSR count). The summed E-state index contributed by atoms with van der Waals surface area (Å²) in [5.74, 6) is 2.27. The summed E-state index contributed by atoms with van der Waals surface area (Å²) in [6, 6.07) is 22.5. The van der Waals surface area contributed by atoms with Gasteiger partial charge in [-0.05, 0) is 0 Å². The Hall–Kier alpha value is -1.09. The molecule has 2 aromatic carbocycles. The van der Waals surface area contributed by atoms with E-state index in [2.05, 4.69) is 86.9 Å². The molecule has 0 N–H and O–H groups in total. The second-order valence-corrected chi connectivity index (χ2v) is 14.4. The Labute approximate surface area is 151 Å². The molecule has 0 nitrogen and oxygen atoms in total. The molecule has 5 atom stereocenters. The van der Waals surface area contributed by atoms with Crippen LogP contribution in [0.4, 0.5) is 0 Å². The van der Waals surface area contributed by atoms with Gasteiger partial charge in [-0.15, -0.1) is 0 Å². The molecule has 2 aliphatic heterocycles. The van der Waals surface area contributed by atoms with Gasteiger partial charge in [-0.2, -0.15) is 0 Å². The van der Waals surface area contributed by atoms with E-state index in [1.807, 2.05) is 0 Å². The molecule has 122 valence electrons. The van der Waals surface area contributed by atoms with Gasteiger partial charge in [-0.3, -0.25) is 0 Å². The van der Waals surface area contributed by atoms with Crippen molar-refractivity contribution in [1.82, 2.24) is 0 Å². The fourth-order valence-electron chi connectivity index (χ4n) is 4.47. The molecule has 1 saturated heterocycles. The van der Waals surface area contributed by atoms with Crippen LogP contribution in [0.15, 0.2) is 84.2 Å². The van der Waals surface area contributed by atoms with Crippen LogP contribution in [-0.2, 0) is 0 Å². The topological polar surface area (TPSA) is 0 Å². The summed E-state index contributed by atoms with van der Waals surface area (Å²) in [5, 5.41) is 1.51. The Balaban J connectivity index is 1.73. The number of hydrogen-bond acceptors (Lipinski definition) is 0. The number of hydrogen-bond donors (Lipinski definition) is 0. The first-order valence-corrected chi connectivity index (χ1v) is 13.3. The fraction of sp³-hybridized carbons (Fsp3) is 0.273. The summed E-state index contributed by atoms with van der Waals surface area (Å²) in [6.45, 7) is 9.05. The molecule has 1 fully saturated rings. The van der Waals surface area contributed by atoms with Crippen molar-refractivity contribution in [1.29, 1.82) is 0 Å². The molecule has 0 aliphatic carbocycles. The Morgan fingerprint density at radius 3 is 2.21 bits per heavy atom. The zero-order valence-electron chi connectivity index (χ0n) is 14.4. The number of allylic oxidation sites excluding steroid dienone is 2. The van der Waals surface area contributed by atoms with Crippen LogP contribution in [0.5, 0.6) is 0 Å². The van der Waals surface area contributed by atoms with E-state index in [0.717, 1.165) is 15.1 Å². The maximum atomic E-state index is 4.24. The fourth-order valence-corrected chi connectivity index (χ4v) is 16.7. The molecule has 0 radical (unpaired) electrons. The maximum absolute atomic E-state index is 4.24. The van der Waals surface area contributed by atoms with Crippen molar-refractivity contribution in [2.75, 3.05) is 0 Å². The van der Waals surface area contributed by atoms with Gasteiger partial charge in [0.05, 0.1) is 0 Å². The van der Waals surface area contributed by atoms with Crippen LogP contribution in [0.1, 0.15) is 20.3 Å². The molecule has 0 saturated carbocycles. The Morgan fingerprint density at radius 2 is 1.58 bits per heavy atom. The minimum atomic E-state index is -1.07. The first-order chi connectivity index (χ1) is 11.7. The summed E-state index contributed by atoms with van der Waals surface area (Å²) < 4.78 is 3.36. The van der Waals surface area contributed by atoms with Crippen molar-refractivity contribution in [3.05, 3.63) is 84.2 Å². The quantitative estimate of drug-likeness (QED) is 0.380. The standard InChI is InChI=1S/C22H24AsP/c1-4-24(19-13-9-6-10-14-19)21-15-20-16(2)17(3)22(21)23(20)18-11-7-5-8-12-18/h4-14,20-22H,1,15H2,2-3H3/t20-,21+,22-,23?,24+/m1/s1. The van der Waals surface area contributed by atoms with Gasteiger partial charge in [0.15, 0.2) is 0 Å². The van der Waals surface area contributed by atoms with Gasteiger partial charge in [0.25, 0.3) is 0 Å². The second-order valence-electron chi connectivity index (χ2n) is 6.80. The van der Waals surface area contributed by atoms with Crippen molar-refractivity contribution in [2.45, 2.75) is 35.3 Å². The normalized spacial score (nSPS) is 29.8. The van der Waals surface area contributed by atoms with Gasteiger partial charge in [0.1, 0.15) is 0 Å². The van der Waals surface area contributed by atoms with Crippen molar-refractivity contribution < 1.29 is 0 Å². The second kappa shape index (κ2) is 6.66. The van der Waals surface area contributed by atoms with E-state index in [0.29, 0.717) is 0 Å². The minimum absolute atomic E-state index is 0.266. The zero-order valence-corrected chi connectivity index (χ0v) is 17.2. The number of fused-ring (bicyclic) bond motifs is 2. The van der Waals surface area contributed by atoms with E-state index in [9.17, 15) is 0 Å². The van der Waals surface area contributed by atoms with Crippen LogP contribution in [0.25, 0.3) is 0 Å². The zero-order chi connectivity index (χ0) is 16.7. The van der Waals surface area contributed by atoms with E-state index in [1.54, 1.807) is 15.5 Å². The van der Waals surface area contributed by atoms with Crippen LogP contribution in [0.2, 0.25) is 9.41 Å². The van der Waals surface area contributed by atoms with E-state index >= 15 is 0 Å². The van der Waals surface area contributed by atoms with Gasteiger partial charge in [-0.25, -0.2) is 0 Å². The van der Waals surface area contributed by atoms with E-state index < -0.39 is 14.7 Å². The van der Waals surface area contributed by atoms with Crippen LogP contribution >= 0.6 is 7.92 Å². The first kappa shape index (κ1) is 16.4. The monoisotopic (exact) mass is 394 g/mol. The van der Waals surface area contributed by atoms with E-state index in [-0.39, 0.29) is 7.92 Å². The molecular weight excluding hydrogens is 370 g/mol.